The Morgan fingerprint density at radius 1 is 1.11 bits per heavy atom. The Morgan fingerprint density at radius 3 is 2.32 bits per heavy atom. The topological polar surface area (TPSA) is 41.1 Å². The van der Waals surface area contributed by atoms with Crippen molar-refractivity contribution >= 4 is 5.91 Å². The molecule has 2 N–H and O–H groups in total. The van der Waals surface area contributed by atoms with Crippen molar-refractivity contribution in [1.82, 2.24) is 10.6 Å². The van der Waals surface area contributed by atoms with Crippen LogP contribution >= 0.6 is 0 Å². The van der Waals surface area contributed by atoms with Crippen LogP contribution in [0.2, 0.25) is 0 Å². The number of amides is 1. The third-order valence-electron chi connectivity index (χ3n) is 2.66. The van der Waals surface area contributed by atoms with E-state index in [1.807, 2.05) is 5.32 Å². The van der Waals surface area contributed by atoms with Gasteiger partial charge in [0.1, 0.15) is 6.54 Å². The van der Waals surface area contributed by atoms with Gasteiger partial charge in [-0.2, -0.15) is 13.2 Å². The predicted molar refractivity (Wildman–Crippen MR) is 69.9 cm³/mol. The molecule has 3 nitrogen and oxygen atoms in total. The lowest BCUT2D eigenvalue weighted by atomic mass is 10.0. The molecule has 0 aromatic carbocycles. The molecule has 19 heavy (non-hydrogen) atoms. The fraction of sp³-hybridized carbons (Fsp3) is 0.923. The molecule has 0 aliphatic heterocycles. The highest BCUT2D eigenvalue weighted by atomic mass is 19.4. The average molecular weight is 282 g/mol. The number of alkyl halides is 3. The van der Waals surface area contributed by atoms with E-state index < -0.39 is 18.6 Å². The summed E-state index contributed by atoms with van der Waals surface area (Å²) < 4.78 is 35.4. The van der Waals surface area contributed by atoms with Crippen molar-refractivity contribution in [3.05, 3.63) is 0 Å². The molecule has 0 fully saturated rings. The molecule has 0 aliphatic rings. The van der Waals surface area contributed by atoms with Gasteiger partial charge in [-0.25, -0.2) is 0 Å². The van der Waals surface area contributed by atoms with Crippen LogP contribution in [0.15, 0.2) is 0 Å². The van der Waals surface area contributed by atoms with Crippen LogP contribution in [0.3, 0.4) is 0 Å². The first kappa shape index (κ1) is 18.2. The van der Waals surface area contributed by atoms with Gasteiger partial charge in [-0.15, -0.1) is 0 Å². The number of rotatable bonds is 10. The molecular weight excluding hydrogens is 257 g/mol. The molecular formula is C13H25F3N2O. The monoisotopic (exact) mass is 282 g/mol. The van der Waals surface area contributed by atoms with Gasteiger partial charge in [0.05, 0.1) is 6.54 Å². The molecule has 0 unspecified atom stereocenters. The predicted octanol–water partition coefficient (Wildman–Crippen LogP) is 2.86. The van der Waals surface area contributed by atoms with E-state index >= 15 is 0 Å². The highest BCUT2D eigenvalue weighted by molar-refractivity contribution is 5.77. The first-order chi connectivity index (χ1) is 8.81. The molecule has 0 heterocycles. The largest absolute Gasteiger partial charge is 0.405 e. The minimum Gasteiger partial charge on any atom is -0.346 e. The van der Waals surface area contributed by atoms with Gasteiger partial charge in [-0.3, -0.25) is 4.79 Å². The molecule has 0 saturated heterocycles. The van der Waals surface area contributed by atoms with Gasteiger partial charge in [0.25, 0.3) is 0 Å². The van der Waals surface area contributed by atoms with Crippen molar-refractivity contribution in [1.29, 1.82) is 0 Å². The quantitative estimate of drug-likeness (QED) is 0.605. The summed E-state index contributed by atoms with van der Waals surface area (Å²) in [7, 11) is 0. The molecule has 0 rings (SSSR count). The molecule has 1 amide bonds. The van der Waals surface area contributed by atoms with Crippen molar-refractivity contribution in [3.63, 3.8) is 0 Å². The van der Waals surface area contributed by atoms with Crippen LogP contribution in [0.25, 0.3) is 0 Å². The molecule has 114 valence electrons. The zero-order valence-corrected chi connectivity index (χ0v) is 11.8. The highest BCUT2D eigenvalue weighted by Crippen LogP contribution is 2.12. The third-order valence-corrected chi connectivity index (χ3v) is 2.66. The second kappa shape index (κ2) is 10.1. The summed E-state index contributed by atoms with van der Waals surface area (Å²) >= 11 is 0. The van der Waals surface area contributed by atoms with Gasteiger partial charge in [-0.1, -0.05) is 39.5 Å². The van der Waals surface area contributed by atoms with Gasteiger partial charge in [0.15, 0.2) is 0 Å². The number of carbonyl (C=O) groups is 1. The number of hydrogen-bond acceptors (Lipinski definition) is 2. The van der Waals surface area contributed by atoms with Crippen LogP contribution in [-0.4, -0.2) is 31.7 Å². The molecule has 0 aromatic heterocycles. The van der Waals surface area contributed by atoms with Crippen LogP contribution in [-0.2, 0) is 4.79 Å². The normalized spacial score (nSPS) is 11.9. The lowest BCUT2D eigenvalue weighted by molar-refractivity contribution is -0.137. The molecule has 0 aliphatic carbocycles. The Balaban J connectivity index is 3.28. The molecule has 6 heteroatoms. The first-order valence-electron chi connectivity index (χ1n) is 6.85. The number of hydrogen-bond donors (Lipinski definition) is 2. The lowest BCUT2D eigenvalue weighted by Crippen LogP contribution is -2.39. The Hall–Kier alpha value is -0.780. The Morgan fingerprint density at radius 2 is 1.74 bits per heavy atom. The Bertz CT molecular complexity index is 243. The maximum Gasteiger partial charge on any atom is 0.405 e. The van der Waals surface area contributed by atoms with Crippen LogP contribution < -0.4 is 10.6 Å². The molecule has 0 atom stereocenters. The Kier molecular flexibility index (Phi) is 9.65. The summed E-state index contributed by atoms with van der Waals surface area (Å²) in [5.41, 5.74) is 0. The van der Waals surface area contributed by atoms with E-state index in [0.717, 1.165) is 18.8 Å². The van der Waals surface area contributed by atoms with Gasteiger partial charge >= 0.3 is 6.18 Å². The third kappa shape index (κ3) is 15.2. The maximum absolute atomic E-state index is 11.8. The van der Waals surface area contributed by atoms with Gasteiger partial charge in [0.2, 0.25) is 5.91 Å². The van der Waals surface area contributed by atoms with E-state index in [1.165, 1.54) is 19.3 Å². The molecule has 0 spiro atoms. The van der Waals surface area contributed by atoms with Crippen molar-refractivity contribution in [2.24, 2.45) is 5.92 Å². The summed E-state index contributed by atoms with van der Waals surface area (Å²) in [6.45, 7) is 3.74. The SMILES string of the molecule is CC(C)CCCCCCNCC(=O)NCC(F)(F)F. The highest BCUT2D eigenvalue weighted by Gasteiger charge is 2.27. The van der Waals surface area contributed by atoms with Crippen LogP contribution in [0.4, 0.5) is 13.2 Å². The van der Waals surface area contributed by atoms with Crippen LogP contribution in [0.5, 0.6) is 0 Å². The van der Waals surface area contributed by atoms with E-state index in [2.05, 4.69) is 19.2 Å². The van der Waals surface area contributed by atoms with Crippen LogP contribution in [0, 0.1) is 5.92 Å². The van der Waals surface area contributed by atoms with Crippen molar-refractivity contribution < 1.29 is 18.0 Å². The smallest absolute Gasteiger partial charge is 0.346 e. The average Bonchev–Trinajstić information content (AvgIpc) is 2.28. The van der Waals surface area contributed by atoms with E-state index in [4.69, 9.17) is 0 Å². The molecule has 0 radical (unpaired) electrons. The zero-order chi connectivity index (χ0) is 14.7. The number of halogens is 3. The van der Waals surface area contributed by atoms with Gasteiger partial charge in [0, 0.05) is 0 Å². The van der Waals surface area contributed by atoms with Crippen molar-refractivity contribution in [3.8, 4) is 0 Å². The summed E-state index contributed by atoms with van der Waals surface area (Å²) in [4.78, 5) is 11.0. The minimum absolute atomic E-state index is 0.0535. The summed E-state index contributed by atoms with van der Waals surface area (Å²) in [6, 6.07) is 0. The van der Waals surface area contributed by atoms with Crippen molar-refractivity contribution in [2.45, 2.75) is 52.1 Å². The van der Waals surface area contributed by atoms with E-state index in [-0.39, 0.29) is 6.54 Å². The maximum atomic E-state index is 11.8. The second-order valence-electron chi connectivity index (χ2n) is 5.17. The van der Waals surface area contributed by atoms with Gasteiger partial charge < -0.3 is 10.6 Å². The molecule has 0 saturated carbocycles. The fourth-order valence-corrected chi connectivity index (χ4v) is 1.62. The first-order valence-corrected chi connectivity index (χ1v) is 6.85. The van der Waals surface area contributed by atoms with E-state index in [0.29, 0.717) is 6.54 Å². The second-order valence-corrected chi connectivity index (χ2v) is 5.17. The van der Waals surface area contributed by atoms with Crippen LogP contribution in [0.1, 0.15) is 46.0 Å². The number of unbranched alkanes of at least 4 members (excludes halogenated alkanes) is 3. The summed E-state index contributed by atoms with van der Waals surface area (Å²) in [6.07, 6.45) is 1.30. The van der Waals surface area contributed by atoms with Gasteiger partial charge in [-0.05, 0) is 18.9 Å². The Labute approximate surface area is 113 Å². The minimum atomic E-state index is -4.34. The van der Waals surface area contributed by atoms with E-state index in [1.54, 1.807) is 0 Å². The summed E-state index contributed by atoms with van der Waals surface area (Å²) in [5, 5.41) is 4.66. The molecule has 0 aromatic rings. The number of carbonyl (C=O) groups excluding carboxylic acids is 1. The van der Waals surface area contributed by atoms with E-state index in [9.17, 15) is 18.0 Å². The lowest BCUT2D eigenvalue weighted by Gasteiger charge is -2.09. The standard InChI is InChI=1S/C13H25F3N2O/c1-11(2)7-5-3-4-6-8-17-9-12(19)18-10-13(14,15)16/h11,17H,3-10H2,1-2H3,(H,18,19). The zero-order valence-electron chi connectivity index (χ0n) is 11.8. The van der Waals surface area contributed by atoms with Crippen molar-refractivity contribution in [2.75, 3.05) is 19.6 Å². The number of nitrogens with one attached hydrogen (secondary N) is 2. The summed E-state index contributed by atoms with van der Waals surface area (Å²) in [5.74, 6) is 0.118. The molecule has 0 bridgehead atoms. The fourth-order valence-electron chi connectivity index (χ4n) is 1.62.